The third kappa shape index (κ3) is 10.6. The minimum Gasteiger partial charge on any atom is -0.370 e. The van der Waals surface area contributed by atoms with Gasteiger partial charge in [0.1, 0.15) is 9.84 Å². The Bertz CT molecular complexity index is 199. The van der Waals surface area contributed by atoms with Crippen LogP contribution in [0.2, 0.25) is 0 Å². The lowest BCUT2D eigenvalue weighted by Gasteiger charge is -1.91. The van der Waals surface area contributed by atoms with E-state index in [1.54, 1.807) is 0 Å². The van der Waals surface area contributed by atoms with E-state index in [2.05, 4.69) is 0 Å². The van der Waals surface area contributed by atoms with Crippen molar-refractivity contribution in [3.63, 3.8) is 0 Å². The summed E-state index contributed by atoms with van der Waals surface area (Å²) in [6.07, 6.45) is 0.981. The lowest BCUT2D eigenvalue weighted by Crippen LogP contribution is -2.16. The predicted octanol–water partition coefficient (Wildman–Crippen LogP) is -0.672. The highest BCUT2D eigenvalue weighted by Gasteiger charge is 2.03. The van der Waals surface area contributed by atoms with Gasteiger partial charge < -0.3 is 5.73 Å². The number of carbonyl (C=O) groups is 1. The largest absolute Gasteiger partial charge is 0.370 e. The fourth-order valence-corrected chi connectivity index (χ4v) is 0.858. The summed E-state index contributed by atoms with van der Waals surface area (Å²) >= 11 is 0. The third-order valence-corrected chi connectivity index (χ3v) is 1.66. The Morgan fingerprint density at radius 3 is 2.00 bits per heavy atom. The SMILES string of the molecule is CS(=O)(=O)CCC(N)=O.Cl. The number of primary amides is 1. The van der Waals surface area contributed by atoms with Gasteiger partial charge in [0.2, 0.25) is 5.91 Å². The molecule has 62 valence electrons. The van der Waals surface area contributed by atoms with Crippen LogP contribution >= 0.6 is 12.4 Å². The molecule has 2 N–H and O–H groups in total. The van der Waals surface area contributed by atoms with Crippen molar-refractivity contribution < 1.29 is 13.2 Å². The minimum atomic E-state index is -3.02. The zero-order valence-electron chi connectivity index (χ0n) is 5.53. The number of halogens is 1. The molecule has 0 rings (SSSR count). The van der Waals surface area contributed by atoms with E-state index in [9.17, 15) is 13.2 Å². The first-order chi connectivity index (χ1) is 3.92. The molecule has 0 unspecified atom stereocenters. The van der Waals surface area contributed by atoms with E-state index < -0.39 is 15.7 Å². The molecule has 0 spiro atoms. The number of sulfone groups is 1. The van der Waals surface area contributed by atoms with Gasteiger partial charge in [0, 0.05) is 12.7 Å². The molecule has 0 saturated heterocycles. The van der Waals surface area contributed by atoms with Gasteiger partial charge >= 0.3 is 0 Å². The quantitative estimate of drug-likeness (QED) is 0.637. The van der Waals surface area contributed by atoms with E-state index >= 15 is 0 Å². The van der Waals surface area contributed by atoms with Crippen LogP contribution in [0, 0.1) is 0 Å². The zero-order valence-corrected chi connectivity index (χ0v) is 7.17. The molecule has 0 aromatic carbocycles. The summed E-state index contributed by atoms with van der Waals surface area (Å²) < 4.78 is 20.7. The Morgan fingerprint density at radius 1 is 1.50 bits per heavy atom. The van der Waals surface area contributed by atoms with Gasteiger partial charge in [0.25, 0.3) is 0 Å². The highest BCUT2D eigenvalue weighted by molar-refractivity contribution is 7.90. The molecule has 0 aliphatic carbocycles. The molecule has 0 aromatic heterocycles. The van der Waals surface area contributed by atoms with Crippen molar-refractivity contribution in [3.05, 3.63) is 0 Å². The summed E-state index contributed by atoms with van der Waals surface area (Å²) in [6, 6.07) is 0. The first-order valence-corrected chi connectivity index (χ1v) is 4.44. The van der Waals surface area contributed by atoms with Crippen LogP contribution in [-0.4, -0.2) is 26.3 Å². The summed E-state index contributed by atoms with van der Waals surface area (Å²) in [7, 11) is -3.02. The van der Waals surface area contributed by atoms with Gasteiger partial charge in [-0.3, -0.25) is 4.79 Å². The van der Waals surface area contributed by atoms with Gasteiger partial charge in [-0.05, 0) is 0 Å². The van der Waals surface area contributed by atoms with Crippen molar-refractivity contribution in [1.29, 1.82) is 0 Å². The fraction of sp³-hybridized carbons (Fsp3) is 0.750. The van der Waals surface area contributed by atoms with Crippen LogP contribution in [0.15, 0.2) is 0 Å². The molecular formula is C4H10ClNO3S. The molecule has 6 heteroatoms. The lowest BCUT2D eigenvalue weighted by atomic mass is 10.5. The van der Waals surface area contributed by atoms with E-state index in [0.717, 1.165) is 6.26 Å². The standard InChI is InChI=1S/C4H9NO3S.ClH/c1-9(7,8)3-2-4(5)6;/h2-3H2,1H3,(H2,5,6);1H. The summed E-state index contributed by atoms with van der Waals surface area (Å²) in [6.45, 7) is 0. The Balaban J connectivity index is 0. The Morgan fingerprint density at radius 2 is 1.90 bits per heavy atom. The van der Waals surface area contributed by atoms with E-state index in [0.29, 0.717) is 0 Å². The first kappa shape index (κ1) is 12.4. The number of rotatable bonds is 3. The molecule has 0 fully saturated rings. The first-order valence-electron chi connectivity index (χ1n) is 2.38. The number of carbonyl (C=O) groups excluding carboxylic acids is 1. The van der Waals surface area contributed by atoms with E-state index in [1.165, 1.54) is 0 Å². The molecule has 0 aromatic rings. The maximum absolute atomic E-state index is 10.3. The zero-order chi connectivity index (χ0) is 7.49. The molecule has 10 heavy (non-hydrogen) atoms. The molecule has 0 saturated carbocycles. The highest BCUT2D eigenvalue weighted by atomic mass is 35.5. The van der Waals surface area contributed by atoms with Crippen molar-refractivity contribution in [2.24, 2.45) is 5.73 Å². The molecule has 0 aliphatic rings. The molecule has 0 atom stereocenters. The Hall–Kier alpha value is -0.290. The number of hydrogen-bond donors (Lipinski definition) is 1. The van der Waals surface area contributed by atoms with Crippen molar-refractivity contribution in [3.8, 4) is 0 Å². The molecule has 0 radical (unpaired) electrons. The van der Waals surface area contributed by atoms with E-state index in [4.69, 9.17) is 5.73 Å². The maximum atomic E-state index is 10.3. The van der Waals surface area contributed by atoms with Crippen LogP contribution in [0.3, 0.4) is 0 Å². The topological polar surface area (TPSA) is 77.2 Å². The maximum Gasteiger partial charge on any atom is 0.218 e. The average molecular weight is 188 g/mol. The monoisotopic (exact) mass is 187 g/mol. The number of amides is 1. The second-order valence-electron chi connectivity index (χ2n) is 1.85. The Kier molecular flexibility index (Phi) is 5.59. The van der Waals surface area contributed by atoms with Crippen LogP contribution in [0.4, 0.5) is 0 Å². The van der Waals surface area contributed by atoms with Gasteiger partial charge in [0.05, 0.1) is 5.75 Å². The second kappa shape index (κ2) is 4.51. The molecule has 0 bridgehead atoms. The van der Waals surface area contributed by atoms with Crippen LogP contribution in [0.25, 0.3) is 0 Å². The van der Waals surface area contributed by atoms with Crippen LogP contribution in [-0.2, 0) is 14.6 Å². The van der Waals surface area contributed by atoms with Gasteiger partial charge in [-0.2, -0.15) is 0 Å². The predicted molar refractivity (Wildman–Crippen MR) is 40.8 cm³/mol. The average Bonchev–Trinajstić information content (AvgIpc) is 1.59. The molecule has 1 amide bonds. The normalized spacial score (nSPS) is 10.1. The van der Waals surface area contributed by atoms with Gasteiger partial charge in [0.15, 0.2) is 0 Å². The smallest absolute Gasteiger partial charge is 0.218 e. The third-order valence-electron chi connectivity index (χ3n) is 0.719. The second-order valence-corrected chi connectivity index (χ2v) is 4.11. The molecule has 0 aliphatic heterocycles. The van der Waals surface area contributed by atoms with Gasteiger partial charge in [-0.15, -0.1) is 12.4 Å². The van der Waals surface area contributed by atoms with Crippen LogP contribution in [0.1, 0.15) is 6.42 Å². The van der Waals surface area contributed by atoms with Crippen molar-refractivity contribution in [2.75, 3.05) is 12.0 Å². The molecular weight excluding hydrogens is 178 g/mol. The lowest BCUT2D eigenvalue weighted by molar-refractivity contribution is -0.117. The summed E-state index contributed by atoms with van der Waals surface area (Å²) in [4.78, 5) is 10.0. The fourth-order valence-electron chi connectivity index (χ4n) is 0.286. The van der Waals surface area contributed by atoms with E-state index in [1.807, 2.05) is 0 Å². The minimum absolute atomic E-state index is 0. The van der Waals surface area contributed by atoms with Crippen LogP contribution in [0.5, 0.6) is 0 Å². The van der Waals surface area contributed by atoms with E-state index in [-0.39, 0.29) is 24.6 Å². The Labute approximate surface area is 66.1 Å². The van der Waals surface area contributed by atoms with Crippen LogP contribution < -0.4 is 5.73 Å². The van der Waals surface area contributed by atoms with Gasteiger partial charge in [-0.1, -0.05) is 0 Å². The summed E-state index contributed by atoms with van der Waals surface area (Å²) in [5.74, 6) is -0.733. The van der Waals surface area contributed by atoms with Gasteiger partial charge in [-0.25, -0.2) is 8.42 Å². The highest BCUT2D eigenvalue weighted by Crippen LogP contribution is 1.85. The summed E-state index contributed by atoms with van der Waals surface area (Å²) in [5.41, 5.74) is 4.70. The van der Waals surface area contributed by atoms with Crippen molar-refractivity contribution in [2.45, 2.75) is 6.42 Å². The van der Waals surface area contributed by atoms with Crippen molar-refractivity contribution >= 4 is 28.2 Å². The summed E-state index contributed by atoms with van der Waals surface area (Å²) in [5, 5.41) is 0. The number of nitrogens with two attached hydrogens (primary N) is 1. The molecule has 0 heterocycles. The number of hydrogen-bond acceptors (Lipinski definition) is 3. The molecule has 4 nitrogen and oxygen atoms in total. The van der Waals surface area contributed by atoms with Crippen molar-refractivity contribution in [1.82, 2.24) is 0 Å².